The Morgan fingerprint density at radius 3 is 2.73 bits per heavy atom. The second-order valence-electron chi connectivity index (χ2n) is 6.55. The van der Waals surface area contributed by atoms with Gasteiger partial charge in [0.2, 0.25) is 5.91 Å². The third-order valence-corrected chi connectivity index (χ3v) is 5.61. The van der Waals surface area contributed by atoms with E-state index >= 15 is 0 Å². The lowest BCUT2D eigenvalue weighted by molar-refractivity contribution is -0.125. The molecule has 3 rings (SSSR count). The molecule has 1 unspecified atom stereocenters. The van der Waals surface area contributed by atoms with E-state index < -0.39 is 0 Å². The number of rotatable bonds is 5. The van der Waals surface area contributed by atoms with Crippen LogP contribution >= 0.6 is 23.2 Å². The van der Waals surface area contributed by atoms with Crippen LogP contribution in [0.15, 0.2) is 42.5 Å². The molecule has 2 aromatic carbocycles. The molecule has 0 radical (unpaired) electrons. The zero-order chi connectivity index (χ0) is 18.7. The molecule has 0 saturated carbocycles. The quantitative estimate of drug-likeness (QED) is 0.801. The molecule has 2 aromatic rings. The Hall–Kier alpha value is -1.75. The second kappa shape index (κ2) is 8.30. The third kappa shape index (κ3) is 4.14. The molecule has 0 aliphatic carbocycles. The van der Waals surface area contributed by atoms with Crippen molar-refractivity contribution in [1.29, 1.82) is 0 Å². The van der Waals surface area contributed by atoms with Gasteiger partial charge in [-0.3, -0.25) is 4.79 Å². The molecule has 0 spiro atoms. The van der Waals surface area contributed by atoms with Gasteiger partial charge in [-0.05, 0) is 42.3 Å². The number of ether oxygens (including phenoxy) is 1. The molecule has 2 N–H and O–H groups in total. The van der Waals surface area contributed by atoms with E-state index in [1.165, 1.54) is 0 Å². The summed E-state index contributed by atoms with van der Waals surface area (Å²) >= 11 is 12.2. The number of amides is 1. The predicted octanol–water partition coefficient (Wildman–Crippen LogP) is 4.18. The minimum absolute atomic E-state index is 0.0291. The summed E-state index contributed by atoms with van der Waals surface area (Å²) in [6, 6.07) is 13.2. The van der Waals surface area contributed by atoms with Gasteiger partial charge in [0.1, 0.15) is 5.75 Å². The van der Waals surface area contributed by atoms with Crippen molar-refractivity contribution in [2.45, 2.75) is 18.9 Å². The van der Waals surface area contributed by atoms with E-state index in [-0.39, 0.29) is 23.8 Å². The van der Waals surface area contributed by atoms with Gasteiger partial charge in [-0.2, -0.15) is 0 Å². The number of carbonyl (C=O) groups excluding carboxylic acids is 1. The fourth-order valence-electron chi connectivity index (χ4n) is 3.36. The van der Waals surface area contributed by atoms with Gasteiger partial charge in [0.15, 0.2) is 0 Å². The summed E-state index contributed by atoms with van der Waals surface area (Å²) < 4.78 is 5.26. The lowest BCUT2D eigenvalue weighted by atomic mass is 9.88. The highest BCUT2D eigenvalue weighted by molar-refractivity contribution is 6.42. The lowest BCUT2D eigenvalue weighted by Gasteiger charge is -2.22. The van der Waals surface area contributed by atoms with E-state index in [0.29, 0.717) is 16.6 Å². The molecule has 1 fully saturated rings. The van der Waals surface area contributed by atoms with Crippen LogP contribution in [0.25, 0.3) is 0 Å². The fourth-order valence-corrected chi connectivity index (χ4v) is 3.67. The van der Waals surface area contributed by atoms with Crippen molar-refractivity contribution in [3.05, 3.63) is 63.6 Å². The number of benzene rings is 2. The first-order valence-corrected chi connectivity index (χ1v) is 9.35. The largest absolute Gasteiger partial charge is 0.497 e. The number of nitrogens with one attached hydrogen (secondary N) is 2. The molecule has 6 heteroatoms. The highest BCUT2D eigenvalue weighted by Gasteiger charge is 2.34. The minimum atomic E-state index is -0.153. The van der Waals surface area contributed by atoms with Gasteiger partial charge < -0.3 is 15.4 Å². The van der Waals surface area contributed by atoms with Crippen LogP contribution in [0.5, 0.6) is 5.75 Å². The van der Waals surface area contributed by atoms with E-state index in [9.17, 15) is 4.79 Å². The smallest absolute Gasteiger partial charge is 0.225 e. The predicted molar refractivity (Wildman–Crippen MR) is 105 cm³/mol. The number of methoxy groups -OCH3 is 1. The molecule has 1 heterocycles. The Labute approximate surface area is 163 Å². The maximum Gasteiger partial charge on any atom is 0.225 e. The topological polar surface area (TPSA) is 50.4 Å². The number of hydrogen-bond acceptors (Lipinski definition) is 3. The Balaban J connectivity index is 1.72. The SMILES string of the molecule is COc1cccc([C@H](C)NC(=O)C2CNC[C@H]2c2ccc(Cl)c(Cl)c2)c1. The van der Waals surface area contributed by atoms with Crippen molar-refractivity contribution in [2.75, 3.05) is 20.2 Å². The molecule has 0 bridgehead atoms. The van der Waals surface area contributed by atoms with Crippen LogP contribution in [0.4, 0.5) is 0 Å². The average molecular weight is 393 g/mol. The molecule has 1 aliphatic rings. The third-order valence-electron chi connectivity index (χ3n) is 4.88. The Kier molecular flexibility index (Phi) is 6.07. The van der Waals surface area contributed by atoms with Gasteiger partial charge in [-0.25, -0.2) is 0 Å². The van der Waals surface area contributed by atoms with Gasteiger partial charge in [0.05, 0.1) is 29.1 Å². The summed E-state index contributed by atoms with van der Waals surface area (Å²) in [6.45, 7) is 3.36. The molecule has 0 aromatic heterocycles. The lowest BCUT2D eigenvalue weighted by Crippen LogP contribution is -2.36. The maximum atomic E-state index is 12.9. The molecule has 3 atom stereocenters. The van der Waals surface area contributed by atoms with Gasteiger partial charge in [-0.15, -0.1) is 0 Å². The molecular formula is C20H22Cl2N2O2. The molecule has 4 nitrogen and oxygen atoms in total. The molecule has 1 saturated heterocycles. The maximum absolute atomic E-state index is 12.9. The molecule has 26 heavy (non-hydrogen) atoms. The summed E-state index contributed by atoms with van der Waals surface area (Å²) in [4.78, 5) is 12.9. The number of halogens is 2. The summed E-state index contributed by atoms with van der Waals surface area (Å²) in [5.74, 6) is 0.726. The van der Waals surface area contributed by atoms with Crippen LogP contribution in [-0.4, -0.2) is 26.1 Å². The summed E-state index contributed by atoms with van der Waals surface area (Å²) in [6.07, 6.45) is 0. The van der Waals surface area contributed by atoms with Crippen LogP contribution in [0.1, 0.15) is 30.0 Å². The standard InChI is InChI=1S/C20H22Cl2N2O2/c1-12(13-4-3-5-15(8-13)26-2)24-20(25)17-11-23-10-16(17)14-6-7-18(21)19(22)9-14/h3-9,12,16-17,23H,10-11H2,1-2H3,(H,24,25)/t12-,16-,17?/m0/s1. The monoisotopic (exact) mass is 392 g/mol. The van der Waals surface area contributed by atoms with Crippen molar-refractivity contribution in [2.24, 2.45) is 5.92 Å². The van der Waals surface area contributed by atoms with Crippen molar-refractivity contribution in [1.82, 2.24) is 10.6 Å². The summed E-state index contributed by atoms with van der Waals surface area (Å²) in [7, 11) is 1.63. The first-order valence-electron chi connectivity index (χ1n) is 8.59. The van der Waals surface area contributed by atoms with Crippen molar-refractivity contribution in [3.8, 4) is 5.75 Å². The highest BCUT2D eigenvalue weighted by Crippen LogP contribution is 2.33. The van der Waals surface area contributed by atoms with Gasteiger partial charge in [0.25, 0.3) is 0 Å². The molecule has 1 amide bonds. The first kappa shape index (κ1) is 19.0. The van der Waals surface area contributed by atoms with Crippen LogP contribution in [0, 0.1) is 5.92 Å². The van der Waals surface area contributed by atoms with Crippen LogP contribution in [0.2, 0.25) is 10.0 Å². The van der Waals surface area contributed by atoms with Crippen molar-refractivity contribution in [3.63, 3.8) is 0 Å². The van der Waals surface area contributed by atoms with Gasteiger partial charge >= 0.3 is 0 Å². The van der Waals surface area contributed by atoms with E-state index in [2.05, 4.69) is 10.6 Å². The van der Waals surface area contributed by atoms with E-state index in [4.69, 9.17) is 27.9 Å². The van der Waals surface area contributed by atoms with Crippen LogP contribution in [0.3, 0.4) is 0 Å². The molecular weight excluding hydrogens is 371 g/mol. The van der Waals surface area contributed by atoms with Crippen LogP contribution in [-0.2, 0) is 4.79 Å². The zero-order valence-electron chi connectivity index (χ0n) is 14.8. The number of hydrogen-bond donors (Lipinski definition) is 2. The van der Waals surface area contributed by atoms with Gasteiger partial charge in [-0.1, -0.05) is 41.4 Å². The van der Waals surface area contributed by atoms with Crippen molar-refractivity contribution >= 4 is 29.1 Å². The first-order chi connectivity index (χ1) is 12.5. The highest BCUT2D eigenvalue weighted by atomic mass is 35.5. The molecule has 1 aliphatic heterocycles. The normalized spacial score (nSPS) is 20.6. The fraction of sp³-hybridized carbons (Fsp3) is 0.350. The zero-order valence-corrected chi connectivity index (χ0v) is 16.3. The van der Waals surface area contributed by atoms with E-state index in [1.54, 1.807) is 13.2 Å². The number of carbonyl (C=O) groups is 1. The van der Waals surface area contributed by atoms with Crippen molar-refractivity contribution < 1.29 is 9.53 Å². The second-order valence-corrected chi connectivity index (χ2v) is 7.37. The average Bonchev–Trinajstić information content (AvgIpc) is 3.14. The van der Waals surface area contributed by atoms with E-state index in [1.807, 2.05) is 43.3 Å². The Bertz CT molecular complexity index is 797. The Morgan fingerprint density at radius 1 is 1.19 bits per heavy atom. The minimum Gasteiger partial charge on any atom is -0.497 e. The van der Waals surface area contributed by atoms with Gasteiger partial charge in [0, 0.05) is 19.0 Å². The Morgan fingerprint density at radius 2 is 2.00 bits per heavy atom. The van der Waals surface area contributed by atoms with Crippen LogP contribution < -0.4 is 15.4 Å². The summed E-state index contributed by atoms with van der Waals surface area (Å²) in [5, 5.41) is 7.47. The summed E-state index contributed by atoms with van der Waals surface area (Å²) in [5.41, 5.74) is 2.04. The van der Waals surface area contributed by atoms with E-state index in [0.717, 1.165) is 23.4 Å². The molecule has 138 valence electrons.